The fraction of sp³-hybridized carbons (Fsp3) is 0. The molecule has 0 bridgehead atoms. The van der Waals surface area contributed by atoms with Gasteiger partial charge in [0, 0.05) is 6.21 Å². The van der Waals surface area contributed by atoms with Crippen LogP contribution in [0.5, 0.6) is 0 Å². The number of hydrazone groups is 1. The molecule has 0 rings (SSSR count). The van der Waals surface area contributed by atoms with Crippen molar-refractivity contribution < 1.29 is 0 Å². The second kappa shape index (κ2) is 3.08. The first-order valence-corrected chi connectivity index (χ1v) is 1.76. The number of nitrogens with one attached hydrogen (secondary N) is 1. The number of hydrogen-bond donors (Lipinski definition) is 2. The Labute approximate surface area is 42.0 Å². The van der Waals surface area contributed by atoms with E-state index in [1.807, 2.05) is 0 Å². The zero-order chi connectivity index (χ0) is 5.70. The summed E-state index contributed by atoms with van der Waals surface area (Å²) in [5, 5.41) is 9.73. The van der Waals surface area contributed by atoms with E-state index in [4.69, 9.17) is 11.3 Å². The number of nitrogens with zero attached hydrogens (tertiary/aromatic N) is 1. The second-order valence-corrected chi connectivity index (χ2v) is 0.902. The van der Waals surface area contributed by atoms with Crippen LogP contribution in [0.25, 0.3) is 0 Å². The molecule has 0 aromatic carbocycles. The quantitative estimate of drug-likeness (QED) is 0.287. The zero-order valence-corrected chi connectivity index (χ0v) is 3.89. The highest BCUT2D eigenvalue weighted by atomic mass is 15.1. The molecule has 0 aliphatic rings. The van der Waals surface area contributed by atoms with Crippen LogP contribution in [0.2, 0.25) is 0 Å². The first kappa shape index (κ1) is 5.88. The molecule has 3 nitrogen and oxygen atoms in total. The van der Waals surface area contributed by atoms with Gasteiger partial charge < -0.3 is 11.3 Å². The molecular formula is C4H7N3. The maximum absolute atomic E-state index is 6.55. The number of rotatable bonds is 2. The van der Waals surface area contributed by atoms with E-state index in [1.165, 1.54) is 6.08 Å². The lowest BCUT2D eigenvalue weighted by atomic mass is 10.4. The Bertz CT molecular complexity index is 93.5. The van der Waals surface area contributed by atoms with E-state index in [9.17, 15) is 0 Å². The molecule has 0 aromatic heterocycles. The van der Waals surface area contributed by atoms with Gasteiger partial charge in [0.1, 0.15) is 0 Å². The maximum Gasteiger partial charge on any atom is 0.0996 e. The lowest BCUT2D eigenvalue weighted by Gasteiger charge is -1.79. The average Bonchev–Trinajstić information content (AvgIpc) is 1.72. The highest BCUT2D eigenvalue weighted by molar-refractivity contribution is 6.34. The van der Waals surface area contributed by atoms with Gasteiger partial charge >= 0.3 is 0 Å². The van der Waals surface area contributed by atoms with Crippen LogP contribution in [0.4, 0.5) is 0 Å². The van der Waals surface area contributed by atoms with Gasteiger partial charge in [0.15, 0.2) is 0 Å². The van der Waals surface area contributed by atoms with Crippen molar-refractivity contribution in [3.05, 3.63) is 12.7 Å². The van der Waals surface area contributed by atoms with Crippen molar-refractivity contribution in [2.24, 2.45) is 10.9 Å². The van der Waals surface area contributed by atoms with Crippen LogP contribution in [0.15, 0.2) is 17.8 Å². The maximum atomic E-state index is 6.55. The summed E-state index contributed by atoms with van der Waals surface area (Å²) >= 11 is 0. The summed E-state index contributed by atoms with van der Waals surface area (Å²) in [4.78, 5) is 0. The van der Waals surface area contributed by atoms with Gasteiger partial charge in [0.25, 0.3) is 0 Å². The summed E-state index contributed by atoms with van der Waals surface area (Å²) in [6.07, 6.45) is 2.44. The Balaban J connectivity index is 3.85. The summed E-state index contributed by atoms with van der Waals surface area (Å²) in [7, 11) is 0. The van der Waals surface area contributed by atoms with Gasteiger partial charge in [-0.05, 0) is 6.08 Å². The third kappa shape index (κ3) is 1.70. The second-order valence-electron chi connectivity index (χ2n) is 0.902. The summed E-state index contributed by atoms with van der Waals surface area (Å²) in [6, 6.07) is 0. The molecular weight excluding hydrogens is 90.1 g/mol. The molecule has 0 spiro atoms. The summed E-state index contributed by atoms with van der Waals surface area (Å²) in [5.74, 6) is 4.76. The molecule has 3 heteroatoms. The topological polar surface area (TPSA) is 62.2 Å². The highest BCUT2D eigenvalue weighted by Gasteiger charge is 1.77. The van der Waals surface area contributed by atoms with Gasteiger partial charge in [0.05, 0.1) is 5.71 Å². The van der Waals surface area contributed by atoms with Gasteiger partial charge in [-0.15, -0.1) is 0 Å². The first-order chi connectivity index (χ1) is 3.35. The third-order valence-corrected chi connectivity index (χ3v) is 0.506. The molecule has 0 amide bonds. The Morgan fingerprint density at radius 2 is 2.43 bits per heavy atom. The van der Waals surface area contributed by atoms with Crippen molar-refractivity contribution in [1.29, 1.82) is 5.41 Å². The van der Waals surface area contributed by atoms with E-state index < -0.39 is 0 Å². The molecule has 7 heavy (non-hydrogen) atoms. The normalized spacial score (nSPS) is 10.6. The zero-order valence-electron chi connectivity index (χ0n) is 3.89. The van der Waals surface area contributed by atoms with Crippen LogP contribution in [-0.2, 0) is 0 Å². The van der Waals surface area contributed by atoms with Gasteiger partial charge in [-0.2, -0.15) is 5.10 Å². The molecule has 0 aliphatic heterocycles. The standard InChI is InChI=1S/C4H7N3/c1-2-4(3-5)7-6/h2-3,5H,1,6H2/b5-3?,7-4-. The largest absolute Gasteiger partial charge is 0.323 e. The Hall–Kier alpha value is -1.12. The molecule has 0 aliphatic carbocycles. The number of nitrogens with two attached hydrogens (primary N) is 1. The summed E-state index contributed by atoms with van der Waals surface area (Å²) in [5.41, 5.74) is 0.389. The van der Waals surface area contributed by atoms with Crippen molar-refractivity contribution in [3.8, 4) is 0 Å². The van der Waals surface area contributed by atoms with Crippen LogP contribution >= 0.6 is 0 Å². The molecule has 3 N–H and O–H groups in total. The van der Waals surface area contributed by atoms with E-state index in [0.717, 1.165) is 6.21 Å². The van der Waals surface area contributed by atoms with Crippen molar-refractivity contribution >= 4 is 11.9 Å². The Morgan fingerprint density at radius 3 is 2.43 bits per heavy atom. The van der Waals surface area contributed by atoms with E-state index in [2.05, 4.69) is 11.7 Å². The minimum atomic E-state index is 0.389. The fourth-order valence-electron chi connectivity index (χ4n) is 0.149. The molecule has 38 valence electrons. The van der Waals surface area contributed by atoms with E-state index >= 15 is 0 Å². The van der Waals surface area contributed by atoms with Crippen LogP contribution in [-0.4, -0.2) is 11.9 Å². The van der Waals surface area contributed by atoms with E-state index in [-0.39, 0.29) is 0 Å². The van der Waals surface area contributed by atoms with Crippen LogP contribution in [0, 0.1) is 5.41 Å². The SMILES string of the molecule is C=C/C(C=N)=N/N. The molecule has 0 radical (unpaired) electrons. The van der Waals surface area contributed by atoms with Crippen LogP contribution in [0.1, 0.15) is 0 Å². The van der Waals surface area contributed by atoms with Crippen LogP contribution in [0.3, 0.4) is 0 Å². The summed E-state index contributed by atoms with van der Waals surface area (Å²) in [6.45, 7) is 3.34. The Morgan fingerprint density at radius 1 is 1.86 bits per heavy atom. The lowest BCUT2D eigenvalue weighted by molar-refractivity contribution is 1.26. The van der Waals surface area contributed by atoms with Crippen molar-refractivity contribution in [1.82, 2.24) is 0 Å². The molecule has 0 saturated carbocycles. The minimum Gasteiger partial charge on any atom is -0.323 e. The lowest BCUT2D eigenvalue weighted by Crippen LogP contribution is -1.96. The summed E-state index contributed by atoms with van der Waals surface area (Å²) < 4.78 is 0. The van der Waals surface area contributed by atoms with E-state index in [0.29, 0.717) is 5.71 Å². The van der Waals surface area contributed by atoms with Gasteiger partial charge in [-0.25, -0.2) is 0 Å². The number of allylic oxidation sites excluding steroid dienone is 1. The minimum absolute atomic E-state index is 0.389. The van der Waals surface area contributed by atoms with Crippen molar-refractivity contribution in [2.75, 3.05) is 0 Å². The predicted molar refractivity (Wildman–Crippen MR) is 30.6 cm³/mol. The first-order valence-electron chi connectivity index (χ1n) is 1.76. The predicted octanol–water partition coefficient (Wildman–Crippen LogP) is 0.137. The smallest absolute Gasteiger partial charge is 0.0996 e. The Kier molecular flexibility index (Phi) is 2.59. The van der Waals surface area contributed by atoms with Crippen LogP contribution < -0.4 is 5.84 Å². The van der Waals surface area contributed by atoms with Crippen molar-refractivity contribution in [3.63, 3.8) is 0 Å². The average molecular weight is 97.1 g/mol. The number of hydrogen-bond acceptors (Lipinski definition) is 3. The van der Waals surface area contributed by atoms with E-state index in [1.54, 1.807) is 0 Å². The fourth-order valence-corrected chi connectivity index (χ4v) is 0.149. The monoisotopic (exact) mass is 97.1 g/mol. The molecule has 0 heterocycles. The van der Waals surface area contributed by atoms with Crippen molar-refractivity contribution in [2.45, 2.75) is 0 Å². The third-order valence-electron chi connectivity index (χ3n) is 0.506. The molecule has 0 fully saturated rings. The molecule has 0 aromatic rings. The van der Waals surface area contributed by atoms with Gasteiger partial charge in [-0.1, -0.05) is 6.58 Å². The molecule has 0 unspecified atom stereocenters. The van der Waals surface area contributed by atoms with Gasteiger partial charge in [0.2, 0.25) is 0 Å². The van der Waals surface area contributed by atoms with Gasteiger partial charge in [-0.3, -0.25) is 0 Å². The molecule has 0 saturated heterocycles. The molecule has 0 atom stereocenters. The highest BCUT2D eigenvalue weighted by Crippen LogP contribution is 1.66.